The number of hydrogen-bond donors (Lipinski definition) is 1. The SMILES string of the molecule is CCS(=O)(=O)CCCOc1ccc([C@H](C)O)cc1. The fourth-order valence-electron chi connectivity index (χ4n) is 1.46. The number of rotatable bonds is 7. The Morgan fingerprint density at radius 2 is 1.89 bits per heavy atom. The minimum absolute atomic E-state index is 0.162. The second-order valence-corrected chi connectivity index (χ2v) is 6.66. The number of sulfone groups is 1. The van der Waals surface area contributed by atoms with Crippen LogP contribution in [0.1, 0.15) is 31.9 Å². The number of aliphatic hydroxyl groups excluding tert-OH is 1. The smallest absolute Gasteiger partial charge is 0.150 e. The van der Waals surface area contributed by atoms with Crippen molar-refractivity contribution in [2.24, 2.45) is 0 Å². The van der Waals surface area contributed by atoms with Crippen LogP contribution in [0, 0.1) is 0 Å². The maximum Gasteiger partial charge on any atom is 0.150 e. The normalized spacial score (nSPS) is 13.3. The summed E-state index contributed by atoms with van der Waals surface area (Å²) in [5.41, 5.74) is 0.830. The van der Waals surface area contributed by atoms with E-state index in [9.17, 15) is 13.5 Å². The van der Waals surface area contributed by atoms with Gasteiger partial charge in [-0.1, -0.05) is 19.1 Å². The van der Waals surface area contributed by atoms with Crippen LogP contribution in [-0.4, -0.2) is 31.6 Å². The van der Waals surface area contributed by atoms with Gasteiger partial charge in [-0.05, 0) is 31.0 Å². The molecule has 18 heavy (non-hydrogen) atoms. The highest BCUT2D eigenvalue weighted by Crippen LogP contribution is 2.17. The summed E-state index contributed by atoms with van der Waals surface area (Å²) in [4.78, 5) is 0. The van der Waals surface area contributed by atoms with Crippen LogP contribution >= 0.6 is 0 Å². The second kappa shape index (κ2) is 6.75. The first-order valence-electron chi connectivity index (χ1n) is 6.06. The third-order valence-electron chi connectivity index (χ3n) is 2.67. The summed E-state index contributed by atoms with van der Waals surface area (Å²) < 4.78 is 27.9. The van der Waals surface area contributed by atoms with Gasteiger partial charge in [0.25, 0.3) is 0 Å². The van der Waals surface area contributed by atoms with E-state index in [1.807, 2.05) is 0 Å². The monoisotopic (exact) mass is 272 g/mol. The van der Waals surface area contributed by atoms with Gasteiger partial charge >= 0.3 is 0 Å². The molecular weight excluding hydrogens is 252 g/mol. The molecular formula is C13H20O4S. The van der Waals surface area contributed by atoms with Crippen LogP contribution in [0.15, 0.2) is 24.3 Å². The first kappa shape index (κ1) is 15.0. The molecule has 0 spiro atoms. The summed E-state index contributed by atoms with van der Waals surface area (Å²) in [6.45, 7) is 3.73. The predicted octanol–water partition coefficient (Wildman–Crippen LogP) is 1.94. The molecule has 0 aliphatic carbocycles. The van der Waals surface area contributed by atoms with Crippen LogP contribution < -0.4 is 4.74 Å². The van der Waals surface area contributed by atoms with Crippen molar-refractivity contribution in [1.82, 2.24) is 0 Å². The summed E-state index contributed by atoms with van der Waals surface area (Å²) >= 11 is 0. The summed E-state index contributed by atoms with van der Waals surface area (Å²) in [6.07, 6.45) is 0.00247. The van der Waals surface area contributed by atoms with Crippen LogP contribution in [0.5, 0.6) is 5.75 Å². The van der Waals surface area contributed by atoms with Gasteiger partial charge in [0, 0.05) is 5.75 Å². The summed E-state index contributed by atoms with van der Waals surface area (Å²) in [7, 11) is -2.90. The molecule has 0 unspecified atom stereocenters. The topological polar surface area (TPSA) is 63.6 Å². The van der Waals surface area contributed by atoms with E-state index in [2.05, 4.69) is 0 Å². The molecule has 0 heterocycles. The maximum absolute atomic E-state index is 11.2. The highest BCUT2D eigenvalue weighted by atomic mass is 32.2. The lowest BCUT2D eigenvalue weighted by molar-refractivity contribution is 0.199. The minimum atomic E-state index is -2.90. The van der Waals surface area contributed by atoms with Crippen molar-refractivity contribution in [1.29, 1.82) is 0 Å². The summed E-state index contributed by atoms with van der Waals surface area (Å²) in [5, 5.41) is 9.34. The Labute approximate surface area is 109 Å². The van der Waals surface area contributed by atoms with Crippen molar-refractivity contribution in [3.63, 3.8) is 0 Å². The van der Waals surface area contributed by atoms with Crippen molar-refractivity contribution < 1.29 is 18.3 Å². The first-order valence-corrected chi connectivity index (χ1v) is 7.88. The van der Waals surface area contributed by atoms with Gasteiger partial charge in [0.1, 0.15) is 15.6 Å². The van der Waals surface area contributed by atoms with Crippen molar-refractivity contribution in [3.8, 4) is 5.75 Å². The van der Waals surface area contributed by atoms with Crippen molar-refractivity contribution in [2.75, 3.05) is 18.1 Å². The van der Waals surface area contributed by atoms with E-state index in [1.54, 1.807) is 38.1 Å². The number of benzene rings is 1. The Morgan fingerprint density at radius 1 is 1.28 bits per heavy atom. The van der Waals surface area contributed by atoms with E-state index in [-0.39, 0.29) is 11.5 Å². The van der Waals surface area contributed by atoms with Crippen LogP contribution in [0.25, 0.3) is 0 Å². The fourth-order valence-corrected chi connectivity index (χ4v) is 2.30. The molecule has 0 aliphatic rings. The molecule has 0 saturated carbocycles. The molecule has 1 atom stereocenters. The average Bonchev–Trinajstić information content (AvgIpc) is 2.35. The minimum Gasteiger partial charge on any atom is -0.494 e. The van der Waals surface area contributed by atoms with Gasteiger partial charge in [0.2, 0.25) is 0 Å². The van der Waals surface area contributed by atoms with Crippen molar-refractivity contribution in [2.45, 2.75) is 26.4 Å². The van der Waals surface area contributed by atoms with E-state index >= 15 is 0 Å². The van der Waals surface area contributed by atoms with E-state index < -0.39 is 15.9 Å². The molecule has 4 nitrogen and oxygen atoms in total. The van der Waals surface area contributed by atoms with Gasteiger partial charge in [-0.25, -0.2) is 8.42 Å². The van der Waals surface area contributed by atoms with Crippen molar-refractivity contribution >= 4 is 9.84 Å². The van der Waals surface area contributed by atoms with Crippen LogP contribution in [0.3, 0.4) is 0 Å². The maximum atomic E-state index is 11.2. The van der Waals surface area contributed by atoms with Gasteiger partial charge < -0.3 is 9.84 Å². The molecule has 0 saturated heterocycles. The number of hydrogen-bond acceptors (Lipinski definition) is 4. The lowest BCUT2D eigenvalue weighted by Gasteiger charge is -2.08. The molecule has 0 fully saturated rings. The zero-order valence-corrected chi connectivity index (χ0v) is 11.6. The molecule has 0 aliphatic heterocycles. The van der Waals surface area contributed by atoms with E-state index in [4.69, 9.17) is 4.74 Å². The number of aliphatic hydroxyl groups is 1. The van der Waals surface area contributed by atoms with Gasteiger partial charge in [0.05, 0.1) is 18.5 Å². The van der Waals surface area contributed by atoms with E-state index in [1.165, 1.54) is 0 Å². The number of ether oxygens (including phenoxy) is 1. The van der Waals surface area contributed by atoms with Crippen molar-refractivity contribution in [3.05, 3.63) is 29.8 Å². The third-order valence-corrected chi connectivity index (χ3v) is 4.46. The Balaban J connectivity index is 2.36. The Bertz CT molecular complexity index is 448. The molecule has 1 aromatic rings. The zero-order chi connectivity index (χ0) is 13.6. The Hall–Kier alpha value is -1.07. The molecule has 102 valence electrons. The average molecular weight is 272 g/mol. The Morgan fingerprint density at radius 3 is 2.39 bits per heavy atom. The highest BCUT2D eigenvalue weighted by molar-refractivity contribution is 7.91. The van der Waals surface area contributed by atoms with Gasteiger partial charge in [0.15, 0.2) is 0 Å². The predicted molar refractivity (Wildman–Crippen MR) is 71.5 cm³/mol. The molecule has 0 amide bonds. The lowest BCUT2D eigenvalue weighted by Crippen LogP contribution is -2.11. The van der Waals surface area contributed by atoms with E-state index in [0.717, 1.165) is 5.56 Å². The standard InChI is InChI=1S/C13H20O4S/c1-3-18(15,16)10-4-9-17-13-7-5-12(6-8-13)11(2)14/h5-8,11,14H,3-4,9-10H2,1-2H3/t11-/m0/s1. The molecule has 1 aromatic carbocycles. The molecule has 0 bridgehead atoms. The molecule has 0 aromatic heterocycles. The van der Waals surface area contributed by atoms with Gasteiger partial charge in [-0.3, -0.25) is 0 Å². The zero-order valence-electron chi connectivity index (χ0n) is 10.8. The molecule has 5 heteroatoms. The molecule has 0 radical (unpaired) electrons. The van der Waals surface area contributed by atoms with Crippen LogP contribution in [-0.2, 0) is 9.84 Å². The summed E-state index contributed by atoms with van der Waals surface area (Å²) in [5.74, 6) is 1.03. The Kier molecular flexibility index (Phi) is 5.62. The van der Waals surface area contributed by atoms with Gasteiger partial charge in [-0.15, -0.1) is 0 Å². The molecule has 1 N–H and O–H groups in total. The quantitative estimate of drug-likeness (QED) is 0.770. The van der Waals surface area contributed by atoms with Gasteiger partial charge in [-0.2, -0.15) is 0 Å². The third kappa shape index (κ3) is 5.06. The molecule has 1 rings (SSSR count). The largest absolute Gasteiger partial charge is 0.494 e. The van der Waals surface area contributed by atoms with Crippen LogP contribution in [0.4, 0.5) is 0 Å². The second-order valence-electron chi connectivity index (χ2n) is 4.18. The lowest BCUT2D eigenvalue weighted by atomic mass is 10.1. The van der Waals surface area contributed by atoms with E-state index in [0.29, 0.717) is 18.8 Å². The summed E-state index contributed by atoms with van der Waals surface area (Å²) in [6, 6.07) is 7.14. The fraction of sp³-hybridized carbons (Fsp3) is 0.538. The highest BCUT2D eigenvalue weighted by Gasteiger charge is 2.06. The van der Waals surface area contributed by atoms with Crippen LogP contribution in [0.2, 0.25) is 0 Å². The first-order chi connectivity index (χ1) is 8.44.